The molecule has 122 valence electrons. The van der Waals surface area contributed by atoms with E-state index in [0.29, 0.717) is 12.5 Å². The molecule has 0 radical (unpaired) electrons. The van der Waals surface area contributed by atoms with Gasteiger partial charge in [-0.05, 0) is 43.9 Å². The molecule has 1 aliphatic carbocycles. The van der Waals surface area contributed by atoms with Crippen molar-refractivity contribution in [2.75, 3.05) is 26.3 Å². The highest BCUT2D eigenvalue weighted by Crippen LogP contribution is 2.43. The van der Waals surface area contributed by atoms with E-state index in [1.807, 2.05) is 19.1 Å². The molecule has 0 heterocycles. The Morgan fingerprint density at radius 2 is 2.09 bits per heavy atom. The van der Waals surface area contributed by atoms with Gasteiger partial charge in [-0.1, -0.05) is 18.6 Å². The van der Waals surface area contributed by atoms with Crippen molar-refractivity contribution in [2.45, 2.75) is 38.0 Å². The highest BCUT2D eigenvalue weighted by Gasteiger charge is 2.38. The molecule has 0 spiro atoms. The molecular formula is C17H26FN3O. The first-order chi connectivity index (χ1) is 10.7. The first-order valence-corrected chi connectivity index (χ1v) is 8.04. The summed E-state index contributed by atoms with van der Waals surface area (Å²) in [7, 11) is 0. The Kier molecular flexibility index (Phi) is 6.19. The van der Waals surface area contributed by atoms with Gasteiger partial charge < -0.3 is 15.8 Å². The zero-order chi connectivity index (χ0) is 15.8. The molecule has 0 atom stereocenters. The fourth-order valence-corrected chi connectivity index (χ4v) is 2.77. The average molecular weight is 307 g/mol. The van der Waals surface area contributed by atoms with Gasteiger partial charge in [-0.2, -0.15) is 0 Å². The van der Waals surface area contributed by atoms with Crippen LogP contribution in [0.5, 0.6) is 0 Å². The monoisotopic (exact) mass is 307 g/mol. The summed E-state index contributed by atoms with van der Waals surface area (Å²) in [6.07, 6.45) is 4.27. The van der Waals surface area contributed by atoms with Crippen molar-refractivity contribution >= 4 is 5.96 Å². The van der Waals surface area contributed by atoms with Crippen molar-refractivity contribution in [1.82, 2.24) is 5.32 Å². The van der Waals surface area contributed by atoms with Crippen LogP contribution in [0, 0.1) is 5.82 Å². The normalized spacial score (nSPS) is 17.1. The van der Waals surface area contributed by atoms with Gasteiger partial charge >= 0.3 is 0 Å². The number of nitrogens with two attached hydrogens (primary N) is 1. The minimum atomic E-state index is -0.197. The van der Waals surface area contributed by atoms with Crippen LogP contribution in [-0.2, 0) is 10.2 Å². The van der Waals surface area contributed by atoms with Crippen molar-refractivity contribution in [2.24, 2.45) is 10.7 Å². The van der Waals surface area contributed by atoms with E-state index in [4.69, 9.17) is 10.5 Å². The zero-order valence-corrected chi connectivity index (χ0v) is 13.3. The van der Waals surface area contributed by atoms with Gasteiger partial charge in [0.25, 0.3) is 0 Å². The first kappa shape index (κ1) is 16.7. The minimum Gasteiger partial charge on any atom is -0.382 e. The molecule has 5 heteroatoms. The second-order valence-corrected chi connectivity index (χ2v) is 5.82. The Bertz CT molecular complexity index is 483. The Morgan fingerprint density at radius 3 is 2.68 bits per heavy atom. The van der Waals surface area contributed by atoms with Crippen LogP contribution in [-0.4, -0.2) is 32.3 Å². The summed E-state index contributed by atoms with van der Waals surface area (Å²) in [6, 6.07) is 6.79. The van der Waals surface area contributed by atoms with Gasteiger partial charge in [0.1, 0.15) is 5.82 Å². The lowest BCUT2D eigenvalue weighted by Crippen LogP contribution is -2.40. The summed E-state index contributed by atoms with van der Waals surface area (Å²) in [5, 5.41) is 3.11. The largest absolute Gasteiger partial charge is 0.382 e. The molecule has 0 aromatic heterocycles. The third-order valence-electron chi connectivity index (χ3n) is 4.30. The molecule has 0 saturated heterocycles. The van der Waals surface area contributed by atoms with Crippen LogP contribution in [0.25, 0.3) is 0 Å². The van der Waals surface area contributed by atoms with E-state index in [1.54, 1.807) is 0 Å². The maximum absolute atomic E-state index is 13.1. The zero-order valence-electron chi connectivity index (χ0n) is 13.3. The highest BCUT2D eigenvalue weighted by molar-refractivity contribution is 5.77. The van der Waals surface area contributed by atoms with Crippen LogP contribution >= 0.6 is 0 Å². The highest BCUT2D eigenvalue weighted by atomic mass is 19.1. The number of rotatable bonds is 8. The number of halogens is 1. The molecule has 1 fully saturated rings. The quantitative estimate of drug-likeness (QED) is 0.441. The molecule has 1 aromatic rings. The van der Waals surface area contributed by atoms with Crippen molar-refractivity contribution in [3.63, 3.8) is 0 Å². The number of aliphatic imine (C=N–C) groups is 1. The summed E-state index contributed by atoms with van der Waals surface area (Å²) < 4.78 is 18.3. The topological polar surface area (TPSA) is 59.6 Å². The molecule has 4 nitrogen and oxygen atoms in total. The van der Waals surface area contributed by atoms with Gasteiger partial charge in [0.05, 0.1) is 6.54 Å². The average Bonchev–Trinajstić information content (AvgIpc) is 2.47. The lowest BCUT2D eigenvalue weighted by Gasteiger charge is -2.41. The van der Waals surface area contributed by atoms with Gasteiger partial charge in [0, 0.05) is 25.2 Å². The third kappa shape index (κ3) is 4.44. The number of benzene rings is 1. The van der Waals surface area contributed by atoms with Gasteiger partial charge in [0.2, 0.25) is 0 Å². The molecule has 1 aliphatic rings. The lowest BCUT2D eigenvalue weighted by molar-refractivity contribution is 0.145. The van der Waals surface area contributed by atoms with Gasteiger partial charge in [-0.3, -0.25) is 4.99 Å². The Labute approximate surface area is 132 Å². The van der Waals surface area contributed by atoms with E-state index < -0.39 is 0 Å². The molecular weight excluding hydrogens is 281 g/mol. The number of nitrogens with one attached hydrogen (secondary N) is 1. The smallest absolute Gasteiger partial charge is 0.188 e. The van der Waals surface area contributed by atoms with E-state index in [9.17, 15) is 4.39 Å². The molecule has 1 aromatic carbocycles. The maximum Gasteiger partial charge on any atom is 0.188 e. The van der Waals surface area contributed by atoms with Crippen LogP contribution in [0.1, 0.15) is 38.2 Å². The standard InChI is InChI=1S/C17H26FN3O/c1-2-22-12-4-11-20-16(19)21-13-17(9-3-10-17)14-5-7-15(18)8-6-14/h5-8H,2-4,9-13H2,1H3,(H3,19,20,21). The summed E-state index contributed by atoms with van der Waals surface area (Å²) >= 11 is 0. The summed E-state index contributed by atoms with van der Waals surface area (Å²) in [6.45, 7) is 4.87. The minimum absolute atomic E-state index is 0.0331. The second-order valence-electron chi connectivity index (χ2n) is 5.82. The van der Waals surface area contributed by atoms with E-state index in [1.165, 1.54) is 18.6 Å². The van der Waals surface area contributed by atoms with Crippen molar-refractivity contribution in [1.29, 1.82) is 0 Å². The first-order valence-electron chi connectivity index (χ1n) is 8.04. The van der Waals surface area contributed by atoms with Crippen LogP contribution in [0.2, 0.25) is 0 Å². The predicted molar refractivity (Wildman–Crippen MR) is 87.5 cm³/mol. The summed E-state index contributed by atoms with van der Waals surface area (Å²) in [5.41, 5.74) is 7.11. The molecule has 0 aliphatic heterocycles. The van der Waals surface area contributed by atoms with Gasteiger partial charge in [0.15, 0.2) is 5.96 Å². The Hall–Kier alpha value is -1.62. The number of ether oxygens (including phenoxy) is 1. The second kappa shape index (κ2) is 8.13. The number of guanidine groups is 1. The molecule has 22 heavy (non-hydrogen) atoms. The van der Waals surface area contributed by atoms with E-state index >= 15 is 0 Å². The van der Waals surface area contributed by atoms with Crippen LogP contribution in [0.15, 0.2) is 29.3 Å². The third-order valence-corrected chi connectivity index (χ3v) is 4.30. The molecule has 3 N–H and O–H groups in total. The predicted octanol–water partition coefficient (Wildman–Crippen LogP) is 2.58. The molecule has 2 rings (SSSR count). The lowest BCUT2D eigenvalue weighted by atomic mass is 9.64. The number of hydrogen-bond donors (Lipinski definition) is 2. The number of hydrogen-bond acceptors (Lipinski definition) is 2. The van der Waals surface area contributed by atoms with Crippen LogP contribution in [0.3, 0.4) is 0 Å². The van der Waals surface area contributed by atoms with Crippen molar-refractivity contribution in [3.8, 4) is 0 Å². The fraction of sp³-hybridized carbons (Fsp3) is 0.588. The van der Waals surface area contributed by atoms with Gasteiger partial charge in [-0.15, -0.1) is 0 Å². The van der Waals surface area contributed by atoms with Crippen LogP contribution < -0.4 is 11.1 Å². The molecule has 0 unspecified atom stereocenters. The van der Waals surface area contributed by atoms with Crippen LogP contribution in [0.4, 0.5) is 4.39 Å². The van der Waals surface area contributed by atoms with E-state index in [0.717, 1.165) is 44.6 Å². The SMILES string of the molecule is CCOCCCNC(N)=NCC1(c2ccc(F)cc2)CCC1. The maximum atomic E-state index is 13.1. The van der Waals surface area contributed by atoms with E-state index in [-0.39, 0.29) is 11.2 Å². The Balaban J connectivity index is 1.84. The fourth-order valence-electron chi connectivity index (χ4n) is 2.77. The summed E-state index contributed by atoms with van der Waals surface area (Å²) in [4.78, 5) is 4.48. The van der Waals surface area contributed by atoms with E-state index in [2.05, 4.69) is 10.3 Å². The van der Waals surface area contributed by atoms with Gasteiger partial charge in [-0.25, -0.2) is 4.39 Å². The number of nitrogens with zero attached hydrogens (tertiary/aromatic N) is 1. The summed E-state index contributed by atoms with van der Waals surface area (Å²) in [5.74, 6) is 0.280. The molecule has 1 saturated carbocycles. The van der Waals surface area contributed by atoms with Crippen molar-refractivity contribution in [3.05, 3.63) is 35.6 Å². The molecule has 0 amide bonds. The Morgan fingerprint density at radius 1 is 1.36 bits per heavy atom. The van der Waals surface area contributed by atoms with Crippen molar-refractivity contribution < 1.29 is 9.13 Å². The molecule has 0 bridgehead atoms.